The van der Waals surface area contributed by atoms with Crippen LogP contribution in [0.5, 0.6) is 0 Å². The molecular weight excluding hydrogens is 637 g/mol. The fraction of sp³-hybridized carbons (Fsp3) is 0.878. The monoisotopic (exact) mass is 710 g/mol. The summed E-state index contributed by atoms with van der Waals surface area (Å²) >= 11 is 9.90. The predicted molar refractivity (Wildman–Crippen MR) is 212 cm³/mol. The molecule has 0 aliphatic heterocycles. The van der Waals surface area contributed by atoms with Gasteiger partial charge >= 0.3 is 0 Å². The van der Waals surface area contributed by atoms with E-state index in [2.05, 4.69) is 13.8 Å². The molecule has 0 saturated heterocycles. The molecule has 2 N–H and O–H groups in total. The predicted octanol–water partition coefficient (Wildman–Crippen LogP) is 13.2. The van der Waals surface area contributed by atoms with Crippen molar-refractivity contribution in [2.75, 3.05) is 0 Å². The third-order valence-corrected chi connectivity index (χ3v) is 10.2. The third-order valence-electron chi connectivity index (χ3n) is 9.89. The van der Waals surface area contributed by atoms with Gasteiger partial charge in [-0.1, -0.05) is 142 Å². The first-order chi connectivity index (χ1) is 23.2. The molecule has 0 aromatic carbocycles. The Kier molecular flexibility index (Phi) is 33.4. The molecule has 0 bridgehead atoms. The lowest BCUT2D eigenvalue weighted by Crippen LogP contribution is -2.12. The highest BCUT2D eigenvalue weighted by molar-refractivity contribution is 7.80. The van der Waals surface area contributed by atoms with Crippen LogP contribution in [0.3, 0.4) is 0 Å². The minimum absolute atomic E-state index is 0.0172. The molecule has 48 heavy (non-hydrogen) atoms. The van der Waals surface area contributed by atoms with Gasteiger partial charge in [0.05, 0.1) is 0 Å². The zero-order chi connectivity index (χ0) is 35.7. The molecule has 0 heterocycles. The molecule has 5 nitrogen and oxygen atoms in total. The smallest absolute Gasteiger partial charge is 0.156 e. The van der Waals surface area contributed by atoms with E-state index in [-0.39, 0.29) is 65.0 Å². The molecule has 0 radical (unpaired) electrons. The molecule has 0 fully saturated rings. The van der Waals surface area contributed by atoms with Crippen molar-refractivity contribution in [1.29, 1.82) is 0 Å². The van der Waals surface area contributed by atoms with Crippen molar-refractivity contribution in [2.45, 2.75) is 219 Å². The minimum atomic E-state index is -0.0337. The third kappa shape index (κ3) is 33.3. The van der Waals surface area contributed by atoms with Gasteiger partial charge in [-0.15, -0.1) is 0 Å². The molecule has 0 aromatic heterocycles. The van der Waals surface area contributed by atoms with Crippen LogP contribution in [0.1, 0.15) is 219 Å². The summed E-state index contributed by atoms with van der Waals surface area (Å²) in [6.45, 7) is 4.49. The average molecular weight is 711 g/mol. The highest BCUT2D eigenvalue weighted by atomic mass is 32.1. The number of carbonyl (C=O) groups excluding carboxylic acids is 3. The molecule has 0 aromatic rings. The first kappa shape index (κ1) is 46.8. The standard InChI is InChI=1S/C41H74O5S2/c1-3-5-7-9-11-13-15-17-19-21-23-35(33-40(45)47)25-27-37(42)29-31-39(44)32-30-38(43)28-26-36(34-41(46)48)24-22-20-18-16-14-12-10-8-6-4-2/h35-36H,3-34H2,1-2H3,(H,45,47)(H,46,48). The molecule has 0 amide bonds. The van der Waals surface area contributed by atoms with Gasteiger partial charge in [0.15, 0.2) is 10.1 Å². The number of Topliss-reactive ketones (excluding diaryl/α,β-unsaturated/α-hetero) is 3. The van der Waals surface area contributed by atoms with Crippen LogP contribution < -0.4 is 0 Å². The molecule has 2 atom stereocenters. The van der Waals surface area contributed by atoms with Gasteiger partial charge in [-0.2, -0.15) is 0 Å². The Morgan fingerprint density at radius 1 is 0.396 bits per heavy atom. The molecule has 0 saturated carbocycles. The van der Waals surface area contributed by atoms with Gasteiger partial charge in [0.2, 0.25) is 0 Å². The maximum atomic E-state index is 12.5. The van der Waals surface area contributed by atoms with Crippen LogP contribution in [-0.4, -0.2) is 37.7 Å². The zero-order valence-electron chi connectivity index (χ0n) is 31.2. The number of hydrogen-bond acceptors (Lipinski definition) is 5. The Balaban J connectivity index is 4.15. The van der Waals surface area contributed by atoms with Crippen LogP contribution in [0.15, 0.2) is 0 Å². The van der Waals surface area contributed by atoms with Crippen LogP contribution in [0, 0.1) is 11.8 Å². The van der Waals surface area contributed by atoms with E-state index >= 15 is 0 Å². The molecule has 0 rings (SSSR count). The van der Waals surface area contributed by atoms with Gasteiger partial charge in [0.1, 0.15) is 17.3 Å². The lowest BCUT2D eigenvalue weighted by atomic mass is 9.90. The van der Waals surface area contributed by atoms with E-state index in [4.69, 9.17) is 24.4 Å². The van der Waals surface area contributed by atoms with Crippen molar-refractivity contribution in [3.05, 3.63) is 0 Å². The van der Waals surface area contributed by atoms with Crippen molar-refractivity contribution < 1.29 is 24.6 Å². The summed E-state index contributed by atoms with van der Waals surface area (Å²) in [6.07, 6.45) is 31.5. The van der Waals surface area contributed by atoms with Crippen LogP contribution in [0.4, 0.5) is 0 Å². The van der Waals surface area contributed by atoms with Gasteiger partial charge in [0.25, 0.3) is 0 Å². The molecule has 7 heteroatoms. The highest BCUT2D eigenvalue weighted by Crippen LogP contribution is 2.23. The molecule has 280 valence electrons. The van der Waals surface area contributed by atoms with E-state index in [9.17, 15) is 24.6 Å². The number of unbranched alkanes of at least 4 members (excludes halogenated alkanes) is 18. The fourth-order valence-electron chi connectivity index (χ4n) is 6.69. The van der Waals surface area contributed by atoms with E-state index in [1.54, 1.807) is 0 Å². The van der Waals surface area contributed by atoms with Crippen LogP contribution in [0.2, 0.25) is 0 Å². The summed E-state index contributed by atoms with van der Waals surface area (Å²) in [5, 5.41) is 19.4. The molecular formula is C41H74O5S2. The number of ketones is 3. The number of rotatable bonds is 38. The van der Waals surface area contributed by atoms with E-state index in [1.165, 1.54) is 116 Å². The number of aliphatic hydroxyl groups is 2. The SMILES string of the molecule is CCCCCCCCCCCCC(CCC(=O)CCC(=O)CCC(=O)CCC(CCCCCCCCCCCC)CC(O)=S)CC(O)=S. The van der Waals surface area contributed by atoms with E-state index in [1.807, 2.05) is 0 Å². The summed E-state index contributed by atoms with van der Waals surface area (Å²) in [5.74, 6) is 0.530. The second-order valence-corrected chi connectivity index (χ2v) is 15.5. The molecule has 2 unspecified atom stereocenters. The van der Waals surface area contributed by atoms with Gasteiger partial charge in [0, 0.05) is 51.4 Å². The van der Waals surface area contributed by atoms with Crippen molar-refractivity contribution in [2.24, 2.45) is 11.8 Å². The Hall–Kier alpha value is -1.21. The normalized spacial score (nSPS) is 12.5. The largest absolute Gasteiger partial charge is 0.502 e. The first-order valence-corrected chi connectivity index (χ1v) is 21.0. The zero-order valence-corrected chi connectivity index (χ0v) is 32.9. The Morgan fingerprint density at radius 2 is 0.646 bits per heavy atom. The summed E-state index contributed by atoms with van der Waals surface area (Å²) < 4.78 is 0. The Bertz CT molecular complexity index is 777. The van der Waals surface area contributed by atoms with Gasteiger partial charge < -0.3 is 10.2 Å². The summed E-state index contributed by atoms with van der Waals surface area (Å²) in [4.78, 5) is 37.5. The van der Waals surface area contributed by atoms with Gasteiger partial charge in [-0.25, -0.2) is 0 Å². The maximum absolute atomic E-state index is 12.5. The topological polar surface area (TPSA) is 91.7 Å². The second-order valence-electron chi connectivity index (χ2n) is 14.6. The van der Waals surface area contributed by atoms with E-state index in [0.29, 0.717) is 38.5 Å². The van der Waals surface area contributed by atoms with Crippen LogP contribution >= 0.6 is 24.4 Å². The quantitative estimate of drug-likeness (QED) is 0.0487. The Morgan fingerprint density at radius 3 is 0.917 bits per heavy atom. The summed E-state index contributed by atoms with van der Waals surface area (Å²) in [7, 11) is 0. The van der Waals surface area contributed by atoms with E-state index in [0.717, 1.165) is 25.7 Å². The number of hydrogen-bond donors (Lipinski definition) is 2. The summed E-state index contributed by atoms with van der Waals surface area (Å²) in [5.41, 5.74) is 0. The van der Waals surface area contributed by atoms with Gasteiger partial charge in [-0.3, -0.25) is 14.4 Å². The van der Waals surface area contributed by atoms with Crippen molar-refractivity contribution >= 4 is 51.9 Å². The maximum Gasteiger partial charge on any atom is 0.156 e. The second kappa shape index (κ2) is 34.2. The molecule has 0 aliphatic carbocycles. The summed E-state index contributed by atoms with van der Waals surface area (Å²) in [6, 6.07) is 0. The Labute approximate surface area is 306 Å². The highest BCUT2D eigenvalue weighted by Gasteiger charge is 2.17. The lowest BCUT2D eigenvalue weighted by Gasteiger charge is -2.15. The molecule has 0 aliphatic rings. The van der Waals surface area contributed by atoms with Crippen LogP contribution in [0.25, 0.3) is 0 Å². The van der Waals surface area contributed by atoms with Crippen molar-refractivity contribution in [1.82, 2.24) is 0 Å². The number of carbonyl (C=O) groups is 3. The minimum Gasteiger partial charge on any atom is -0.502 e. The number of aliphatic hydroxyl groups excluding tert-OH is 2. The lowest BCUT2D eigenvalue weighted by molar-refractivity contribution is -0.126. The van der Waals surface area contributed by atoms with Crippen molar-refractivity contribution in [3.63, 3.8) is 0 Å². The average Bonchev–Trinajstić information content (AvgIpc) is 3.05. The number of thiocarbonyl (C=S) groups is 2. The van der Waals surface area contributed by atoms with Crippen LogP contribution in [-0.2, 0) is 14.4 Å². The van der Waals surface area contributed by atoms with E-state index < -0.39 is 0 Å². The fourth-order valence-corrected chi connectivity index (χ4v) is 7.17. The molecule has 0 spiro atoms. The van der Waals surface area contributed by atoms with Gasteiger partial charge in [-0.05, 0) is 62.0 Å². The first-order valence-electron chi connectivity index (χ1n) is 20.2. The van der Waals surface area contributed by atoms with Crippen molar-refractivity contribution in [3.8, 4) is 0 Å².